The Hall–Kier alpha value is 3.42. The Balaban J connectivity index is -0.0000000640. The van der Waals surface area contributed by atoms with Gasteiger partial charge in [-0.2, -0.15) is 0 Å². The van der Waals surface area contributed by atoms with Crippen molar-refractivity contribution in [1.82, 2.24) is 0 Å². The molecule has 0 aromatic rings. The van der Waals surface area contributed by atoms with Gasteiger partial charge in [-0.1, -0.05) is 0 Å². The quantitative estimate of drug-likeness (QED) is 0.0948. The Morgan fingerprint density at radius 3 is 0.645 bits per heavy atom. The van der Waals surface area contributed by atoms with Crippen molar-refractivity contribution < 1.29 is 224 Å². The number of aliphatic hydroxyl groups is 2. The van der Waals surface area contributed by atoms with Crippen LogP contribution in [0.25, 0.3) is 0 Å². The molecule has 0 rings (SSSR count). The van der Waals surface area contributed by atoms with Crippen LogP contribution in [-0.2, 0) is 28.8 Å². The van der Waals surface area contributed by atoms with Gasteiger partial charge in [0.2, 0.25) is 0 Å². The van der Waals surface area contributed by atoms with Gasteiger partial charge in [0.15, 0.2) is 11.2 Å². The van der Waals surface area contributed by atoms with Gasteiger partial charge in [-0.15, -0.1) is 0 Å². The van der Waals surface area contributed by atoms with Gasteiger partial charge < -0.3 is 40.9 Å². The fraction of sp³-hybridized carbons (Fsp3) is 0.500. The molecule has 0 saturated heterocycles. The van der Waals surface area contributed by atoms with Crippen LogP contribution in [-0.4, -0.2) is 140 Å². The first-order valence-electron chi connectivity index (χ1n) is 6.34. The maximum atomic E-state index is 10.3. The van der Waals surface area contributed by atoms with Crippen LogP contribution in [0.3, 0.4) is 0 Å². The summed E-state index contributed by atoms with van der Waals surface area (Å²) in [6.45, 7) is 0. The maximum Gasteiger partial charge on any atom is 3.00 e. The molecule has 31 heavy (non-hydrogen) atoms. The van der Waals surface area contributed by atoms with Crippen LogP contribution >= 0.6 is 0 Å². The first-order chi connectivity index (χ1) is 11.6. The minimum Gasteiger partial charge on any atom is -0.481 e. The minimum atomic E-state index is -2.74. The summed E-state index contributed by atoms with van der Waals surface area (Å²) in [6, 6.07) is 0. The Morgan fingerprint density at radius 2 is 0.581 bits per heavy atom. The smallest absolute Gasteiger partial charge is 0.481 e. The third-order valence-corrected chi connectivity index (χ3v) is 2.57. The molecule has 0 aliphatic heterocycles. The SMILES string of the molecule is O=C(O)CC(O)(CC(=O)O)C(=O)O.O=C(O)CC(O)(CC(=O)O)C(=O)O.[Bi+3].[Bi+3].[K+].[K+].[K+]. The second-order valence-corrected chi connectivity index (χ2v) is 4.96. The van der Waals surface area contributed by atoms with Gasteiger partial charge in [0.25, 0.3) is 0 Å². The van der Waals surface area contributed by atoms with Crippen LogP contribution in [0.5, 0.6) is 0 Å². The van der Waals surface area contributed by atoms with Crippen molar-refractivity contribution in [3.63, 3.8) is 0 Å². The molecular weight excluding hydrogens is 903 g/mol. The van der Waals surface area contributed by atoms with Crippen molar-refractivity contribution >= 4 is 88.2 Å². The molecule has 14 nitrogen and oxygen atoms in total. The summed E-state index contributed by atoms with van der Waals surface area (Å²) in [4.78, 5) is 61.0. The van der Waals surface area contributed by atoms with E-state index in [4.69, 9.17) is 40.9 Å². The predicted octanol–water partition coefficient (Wildman–Crippen LogP) is -12.2. The maximum absolute atomic E-state index is 10.3. The minimum absolute atomic E-state index is 0. The van der Waals surface area contributed by atoms with Crippen LogP contribution < -0.4 is 154 Å². The average molecular weight is 920 g/mol. The Morgan fingerprint density at radius 1 is 0.452 bits per heavy atom. The predicted molar refractivity (Wildman–Crippen MR) is 85.7 cm³/mol. The van der Waals surface area contributed by atoms with E-state index in [-0.39, 0.29) is 207 Å². The normalized spacial score (nSPS) is 9.10. The van der Waals surface area contributed by atoms with Crippen molar-refractivity contribution in [2.24, 2.45) is 0 Å². The summed E-state index contributed by atoms with van der Waals surface area (Å²) in [6.07, 6.45) is -4.58. The molecule has 0 unspecified atom stereocenters. The molecule has 0 heterocycles. The molecule has 0 aliphatic carbocycles. The Bertz CT molecular complexity index is 531. The van der Waals surface area contributed by atoms with Gasteiger partial charge >= 0.3 is 242 Å². The molecule has 4 radical (unpaired) electrons. The number of carboxylic acids is 6. The fourth-order valence-corrected chi connectivity index (χ4v) is 1.43. The third-order valence-electron chi connectivity index (χ3n) is 2.57. The molecule has 0 aromatic heterocycles. The zero-order valence-corrected chi connectivity index (χ0v) is 33.1. The first kappa shape index (κ1) is 51.1. The number of carbonyl (C=O) groups is 6. The topological polar surface area (TPSA) is 264 Å². The van der Waals surface area contributed by atoms with E-state index in [0.29, 0.717) is 0 Å². The van der Waals surface area contributed by atoms with Crippen molar-refractivity contribution in [2.75, 3.05) is 0 Å². The van der Waals surface area contributed by atoms with Crippen LogP contribution in [0, 0.1) is 0 Å². The molecule has 0 fully saturated rings. The van der Waals surface area contributed by atoms with E-state index in [1.165, 1.54) is 0 Å². The van der Waals surface area contributed by atoms with Gasteiger partial charge in [0, 0.05) is 0 Å². The van der Waals surface area contributed by atoms with E-state index in [1.54, 1.807) is 0 Å². The van der Waals surface area contributed by atoms with Crippen LogP contribution in [0.2, 0.25) is 0 Å². The first-order valence-corrected chi connectivity index (χ1v) is 6.34. The molecular formula is C12H16Bi2K3O14+9. The van der Waals surface area contributed by atoms with Crippen molar-refractivity contribution in [3.05, 3.63) is 0 Å². The molecule has 0 aromatic carbocycles. The zero-order chi connectivity index (χ0) is 21.3. The molecule has 152 valence electrons. The van der Waals surface area contributed by atoms with E-state index in [1.807, 2.05) is 0 Å². The van der Waals surface area contributed by atoms with Gasteiger partial charge in [-0.05, 0) is 0 Å². The molecule has 0 spiro atoms. The van der Waals surface area contributed by atoms with E-state index in [9.17, 15) is 28.8 Å². The van der Waals surface area contributed by atoms with Crippen molar-refractivity contribution in [1.29, 1.82) is 0 Å². The summed E-state index contributed by atoms with van der Waals surface area (Å²) in [5.74, 6) is -10.0. The van der Waals surface area contributed by atoms with Gasteiger partial charge in [0.1, 0.15) is 0 Å². The summed E-state index contributed by atoms with van der Waals surface area (Å²) >= 11 is 0. The van der Waals surface area contributed by atoms with Gasteiger partial charge in [0.05, 0.1) is 25.7 Å². The van der Waals surface area contributed by atoms with E-state index < -0.39 is 72.7 Å². The molecule has 8 N–H and O–H groups in total. The number of rotatable bonds is 10. The van der Waals surface area contributed by atoms with Gasteiger partial charge in [-0.3, -0.25) is 19.2 Å². The number of carboxylic acid groups (broad SMARTS) is 6. The molecule has 0 saturated carbocycles. The molecule has 19 heteroatoms. The summed E-state index contributed by atoms with van der Waals surface area (Å²) in [5, 5.41) is 67.6. The van der Waals surface area contributed by atoms with E-state index >= 15 is 0 Å². The molecule has 0 atom stereocenters. The Kier molecular flexibility index (Phi) is 41.4. The third kappa shape index (κ3) is 26.3. The molecule has 0 bridgehead atoms. The van der Waals surface area contributed by atoms with E-state index in [2.05, 4.69) is 0 Å². The monoisotopic (exact) mass is 919 g/mol. The fourth-order valence-electron chi connectivity index (χ4n) is 1.43. The summed E-state index contributed by atoms with van der Waals surface area (Å²) in [7, 11) is 0. The van der Waals surface area contributed by atoms with Crippen molar-refractivity contribution in [3.8, 4) is 0 Å². The number of aliphatic carboxylic acids is 6. The van der Waals surface area contributed by atoms with Crippen LogP contribution in [0.15, 0.2) is 0 Å². The van der Waals surface area contributed by atoms with Gasteiger partial charge in [-0.25, -0.2) is 9.59 Å². The molecule has 0 aliphatic rings. The Labute approximate surface area is 340 Å². The number of hydrogen-bond donors (Lipinski definition) is 8. The summed E-state index contributed by atoms with van der Waals surface area (Å²) < 4.78 is 0. The van der Waals surface area contributed by atoms with E-state index in [0.717, 1.165) is 0 Å². The average Bonchev–Trinajstić information content (AvgIpc) is 2.34. The van der Waals surface area contributed by atoms with Crippen LogP contribution in [0.4, 0.5) is 0 Å². The molecule has 0 amide bonds. The van der Waals surface area contributed by atoms with Crippen molar-refractivity contribution in [2.45, 2.75) is 36.9 Å². The second kappa shape index (κ2) is 25.1. The number of hydrogen-bond acceptors (Lipinski definition) is 8. The standard InChI is InChI=1S/2C6H8O7.2Bi.3K/c2*7-3(8)1-6(13,5(11)12)2-4(9)10;;;;;/h2*13H,1-2H2,(H,7,8)(H,9,10)(H,11,12);;;;;/q;;2*+3;3*+1. The zero-order valence-electron chi connectivity index (χ0n) is 16.8. The van der Waals surface area contributed by atoms with Crippen LogP contribution in [0.1, 0.15) is 25.7 Å². The summed E-state index contributed by atoms with van der Waals surface area (Å²) in [5.41, 5.74) is -5.48. The largest absolute Gasteiger partial charge is 3.00 e. The second-order valence-electron chi connectivity index (χ2n) is 4.96.